The zero-order valence-corrected chi connectivity index (χ0v) is 7.55. The van der Waals surface area contributed by atoms with Crippen LogP contribution in [0.5, 0.6) is 0 Å². The minimum atomic E-state index is -0.324. The molecule has 0 spiro atoms. The monoisotopic (exact) mass is 171 g/mol. The van der Waals surface area contributed by atoms with Crippen molar-refractivity contribution in [2.75, 3.05) is 26.2 Å². The lowest BCUT2D eigenvalue weighted by Crippen LogP contribution is -2.38. The fourth-order valence-corrected chi connectivity index (χ4v) is 1.63. The first-order valence-corrected chi connectivity index (χ1v) is 4.31. The molecule has 0 bridgehead atoms. The minimum Gasteiger partial charge on any atom is -0.369 e. The average molecular weight is 171 g/mol. The second-order valence-corrected chi connectivity index (χ2v) is 3.74. The molecule has 0 aliphatic carbocycles. The molecule has 1 unspecified atom stereocenters. The average Bonchev–Trinajstić information content (AvgIpc) is 2.34. The Hall–Kier alpha value is -0.610. The van der Waals surface area contributed by atoms with Crippen LogP contribution in [0.25, 0.3) is 0 Å². The highest BCUT2D eigenvalue weighted by molar-refractivity contribution is 5.81. The summed E-state index contributed by atoms with van der Waals surface area (Å²) < 4.78 is 0. The quantitative estimate of drug-likeness (QED) is 0.580. The second kappa shape index (κ2) is 3.41. The van der Waals surface area contributed by atoms with E-state index in [0.29, 0.717) is 6.54 Å². The highest BCUT2D eigenvalue weighted by Crippen LogP contribution is 2.28. The summed E-state index contributed by atoms with van der Waals surface area (Å²) in [6, 6.07) is 0. The largest absolute Gasteiger partial charge is 0.369 e. The van der Waals surface area contributed by atoms with Crippen molar-refractivity contribution in [2.24, 2.45) is 16.9 Å². The summed E-state index contributed by atoms with van der Waals surface area (Å²) in [6.45, 7) is 5.14. The molecule has 4 heteroatoms. The fraction of sp³-hybridized carbons (Fsp3) is 0.875. The third-order valence-electron chi connectivity index (χ3n) is 2.59. The van der Waals surface area contributed by atoms with Crippen LogP contribution in [0.1, 0.15) is 13.3 Å². The van der Waals surface area contributed by atoms with Crippen LogP contribution in [0, 0.1) is 5.41 Å². The summed E-state index contributed by atoms with van der Waals surface area (Å²) in [7, 11) is 0. The lowest BCUT2D eigenvalue weighted by atomic mass is 9.89. The van der Waals surface area contributed by atoms with Crippen LogP contribution in [0.4, 0.5) is 0 Å². The van der Waals surface area contributed by atoms with Crippen LogP contribution in [-0.2, 0) is 4.79 Å². The molecule has 1 heterocycles. The Labute approximate surface area is 72.9 Å². The van der Waals surface area contributed by atoms with Crippen LogP contribution in [0.15, 0.2) is 0 Å². The summed E-state index contributed by atoms with van der Waals surface area (Å²) in [5, 5.41) is 0. The maximum atomic E-state index is 11.0. The van der Waals surface area contributed by atoms with Crippen molar-refractivity contribution in [3.8, 4) is 0 Å². The molecule has 4 nitrogen and oxygen atoms in total. The Morgan fingerprint density at radius 1 is 1.67 bits per heavy atom. The normalized spacial score (nSPS) is 30.8. The van der Waals surface area contributed by atoms with Crippen molar-refractivity contribution in [3.63, 3.8) is 0 Å². The first-order valence-electron chi connectivity index (χ1n) is 4.31. The number of nitrogens with zero attached hydrogens (tertiary/aromatic N) is 1. The highest BCUT2D eigenvalue weighted by Gasteiger charge is 2.38. The summed E-state index contributed by atoms with van der Waals surface area (Å²) in [6.07, 6.45) is 0.863. The molecule has 0 radical (unpaired) electrons. The van der Waals surface area contributed by atoms with Crippen molar-refractivity contribution >= 4 is 5.91 Å². The van der Waals surface area contributed by atoms with Gasteiger partial charge in [-0.3, -0.25) is 4.79 Å². The van der Waals surface area contributed by atoms with Gasteiger partial charge in [-0.2, -0.15) is 0 Å². The molecule has 0 aromatic rings. The molecule has 0 aromatic carbocycles. The van der Waals surface area contributed by atoms with Crippen LogP contribution in [-0.4, -0.2) is 37.0 Å². The first kappa shape index (κ1) is 9.48. The number of carbonyl (C=O) groups is 1. The molecule has 1 aliphatic rings. The maximum absolute atomic E-state index is 11.0. The van der Waals surface area contributed by atoms with Crippen LogP contribution in [0.2, 0.25) is 0 Å². The smallest absolute Gasteiger partial charge is 0.224 e. The van der Waals surface area contributed by atoms with Gasteiger partial charge in [0.2, 0.25) is 5.91 Å². The van der Waals surface area contributed by atoms with Gasteiger partial charge in [0.25, 0.3) is 0 Å². The SMILES string of the molecule is CC1(C(N)=O)CCN(CCN)C1. The van der Waals surface area contributed by atoms with Crippen molar-refractivity contribution in [1.82, 2.24) is 4.90 Å². The van der Waals surface area contributed by atoms with Crippen molar-refractivity contribution in [1.29, 1.82) is 0 Å². The van der Waals surface area contributed by atoms with Crippen molar-refractivity contribution < 1.29 is 4.79 Å². The molecule has 1 aliphatic heterocycles. The predicted molar refractivity (Wildman–Crippen MR) is 47.4 cm³/mol. The van der Waals surface area contributed by atoms with Gasteiger partial charge in [-0.25, -0.2) is 0 Å². The summed E-state index contributed by atoms with van der Waals surface area (Å²) in [5.74, 6) is -0.193. The number of hydrogen-bond donors (Lipinski definition) is 2. The van der Waals surface area contributed by atoms with Crippen LogP contribution < -0.4 is 11.5 Å². The van der Waals surface area contributed by atoms with Gasteiger partial charge in [0.1, 0.15) is 0 Å². The number of nitrogens with two attached hydrogens (primary N) is 2. The number of rotatable bonds is 3. The fourth-order valence-electron chi connectivity index (χ4n) is 1.63. The van der Waals surface area contributed by atoms with E-state index in [4.69, 9.17) is 11.5 Å². The predicted octanol–water partition coefficient (Wildman–Crippen LogP) is -0.858. The van der Waals surface area contributed by atoms with Gasteiger partial charge in [0.05, 0.1) is 5.41 Å². The number of likely N-dealkylation sites (tertiary alicyclic amines) is 1. The van der Waals surface area contributed by atoms with Gasteiger partial charge in [-0.1, -0.05) is 0 Å². The second-order valence-electron chi connectivity index (χ2n) is 3.74. The highest BCUT2D eigenvalue weighted by atomic mass is 16.1. The topological polar surface area (TPSA) is 72.4 Å². The van der Waals surface area contributed by atoms with E-state index < -0.39 is 0 Å². The van der Waals surface area contributed by atoms with E-state index in [1.54, 1.807) is 0 Å². The zero-order valence-electron chi connectivity index (χ0n) is 7.55. The minimum absolute atomic E-state index is 0.193. The van der Waals surface area contributed by atoms with Gasteiger partial charge in [-0.05, 0) is 19.9 Å². The van der Waals surface area contributed by atoms with E-state index >= 15 is 0 Å². The Morgan fingerprint density at radius 2 is 2.33 bits per heavy atom. The van der Waals surface area contributed by atoms with Crippen LogP contribution in [0.3, 0.4) is 0 Å². The van der Waals surface area contributed by atoms with Gasteiger partial charge in [0, 0.05) is 19.6 Å². The number of hydrogen-bond acceptors (Lipinski definition) is 3. The Morgan fingerprint density at radius 3 is 2.75 bits per heavy atom. The molecule has 4 N–H and O–H groups in total. The van der Waals surface area contributed by atoms with Gasteiger partial charge in [-0.15, -0.1) is 0 Å². The van der Waals surface area contributed by atoms with E-state index in [1.165, 1.54) is 0 Å². The van der Waals surface area contributed by atoms with E-state index in [-0.39, 0.29) is 11.3 Å². The molecular formula is C8H17N3O. The first-order chi connectivity index (χ1) is 5.58. The molecule has 0 saturated carbocycles. The Balaban J connectivity index is 2.49. The molecule has 12 heavy (non-hydrogen) atoms. The standard InChI is InChI=1S/C8H17N3O/c1-8(7(10)12)2-4-11(6-8)5-3-9/h2-6,9H2,1H3,(H2,10,12). The van der Waals surface area contributed by atoms with Crippen molar-refractivity contribution in [3.05, 3.63) is 0 Å². The third-order valence-corrected chi connectivity index (χ3v) is 2.59. The molecule has 1 amide bonds. The Kier molecular flexibility index (Phi) is 2.69. The molecule has 1 atom stereocenters. The molecule has 1 saturated heterocycles. The summed E-state index contributed by atoms with van der Waals surface area (Å²) >= 11 is 0. The van der Waals surface area contributed by atoms with E-state index in [0.717, 1.165) is 26.1 Å². The zero-order chi connectivity index (χ0) is 9.19. The molecule has 70 valence electrons. The molecule has 1 fully saturated rings. The number of amides is 1. The van der Waals surface area contributed by atoms with E-state index in [2.05, 4.69) is 4.90 Å². The molecular weight excluding hydrogens is 154 g/mol. The van der Waals surface area contributed by atoms with Gasteiger partial charge in [0.15, 0.2) is 0 Å². The van der Waals surface area contributed by atoms with Crippen LogP contribution >= 0.6 is 0 Å². The molecule has 0 aromatic heterocycles. The summed E-state index contributed by atoms with van der Waals surface area (Å²) in [4.78, 5) is 13.2. The third kappa shape index (κ3) is 1.76. The lowest BCUT2D eigenvalue weighted by Gasteiger charge is -2.20. The number of carbonyl (C=O) groups excluding carboxylic acids is 1. The Bertz CT molecular complexity index is 183. The van der Waals surface area contributed by atoms with Gasteiger partial charge < -0.3 is 16.4 Å². The van der Waals surface area contributed by atoms with E-state index in [9.17, 15) is 4.79 Å². The maximum Gasteiger partial charge on any atom is 0.224 e. The summed E-state index contributed by atoms with van der Waals surface area (Å²) in [5.41, 5.74) is 10.4. The van der Waals surface area contributed by atoms with E-state index in [1.807, 2.05) is 6.92 Å². The van der Waals surface area contributed by atoms with Gasteiger partial charge >= 0.3 is 0 Å². The molecule has 1 rings (SSSR count). The van der Waals surface area contributed by atoms with Crippen molar-refractivity contribution in [2.45, 2.75) is 13.3 Å². The lowest BCUT2D eigenvalue weighted by molar-refractivity contribution is -0.126. The number of primary amides is 1.